The van der Waals surface area contributed by atoms with E-state index in [1.807, 2.05) is 23.5 Å². The first-order valence-electron chi connectivity index (χ1n) is 5.00. The molecule has 3 rings (SSSR count). The third-order valence-electron chi connectivity index (χ3n) is 2.48. The van der Waals surface area contributed by atoms with Crippen molar-refractivity contribution in [3.63, 3.8) is 0 Å². The minimum Gasteiger partial charge on any atom is -0.109 e. The van der Waals surface area contributed by atoms with Gasteiger partial charge in [-0.05, 0) is 55.1 Å². The summed E-state index contributed by atoms with van der Waals surface area (Å²) in [6, 6.07) is 4.45. The van der Waals surface area contributed by atoms with E-state index in [2.05, 4.69) is 44.0 Å². The van der Waals surface area contributed by atoms with Gasteiger partial charge in [0.25, 0.3) is 0 Å². The van der Waals surface area contributed by atoms with Gasteiger partial charge in [0.1, 0.15) is 3.14 Å². The molecule has 0 saturated carbocycles. The molecule has 2 aromatic rings. The van der Waals surface area contributed by atoms with E-state index in [9.17, 15) is 0 Å². The summed E-state index contributed by atoms with van der Waals surface area (Å²) in [6.07, 6.45) is 0. The van der Waals surface area contributed by atoms with Gasteiger partial charge < -0.3 is 0 Å². The minimum atomic E-state index is 1.02. The van der Waals surface area contributed by atoms with Crippen molar-refractivity contribution in [2.45, 2.75) is 19.9 Å². The van der Waals surface area contributed by atoms with Crippen molar-refractivity contribution in [2.75, 3.05) is 0 Å². The van der Waals surface area contributed by atoms with Crippen molar-refractivity contribution < 1.29 is 0 Å². The molecule has 0 spiro atoms. The summed E-state index contributed by atoms with van der Waals surface area (Å²) in [4.78, 5) is 0. The molecule has 1 aromatic carbocycles. The normalized spacial score (nSPS) is 14.6. The second-order valence-electron chi connectivity index (χ2n) is 3.64. The van der Waals surface area contributed by atoms with Crippen molar-refractivity contribution in [3.05, 3.63) is 35.3 Å². The highest BCUT2D eigenvalue weighted by molar-refractivity contribution is 9.13. The largest absolute Gasteiger partial charge is 0.145 e. The summed E-state index contributed by atoms with van der Waals surface area (Å²) in [7, 11) is 0. The lowest BCUT2D eigenvalue weighted by Gasteiger charge is -2.14. The zero-order valence-corrected chi connectivity index (χ0v) is 16.1. The van der Waals surface area contributed by atoms with Crippen molar-refractivity contribution in [1.29, 1.82) is 0 Å². The van der Waals surface area contributed by atoms with Gasteiger partial charge >= 0.3 is 0 Å². The Bertz CT molecular complexity index is 604. The molecule has 18 heavy (non-hydrogen) atoms. The Balaban J connectivity index is 2.01. The fourth-order valence-corrected chi connectivity index (χ4v) is 8.55. The van der Waals surface area contributed by atoms with Crippen molar-refractivity contribution in [3.8, 4) is 0 Å². The minimum absolute atomic E-state index is 1.02. The number of hydrogen-bond donors (Lipinski definition) is 0. The van der Waals surface area contributed by atoms with Crippen molar-refractivity contribution >= 4 is 90.3 Å². The molecule has 0 atom stereocenters. The molecule has 1 aromatic heterocycles. The second-order valence-corrected chi connectivity index (χ2v) is 11.1. The standard InChI is InChI=1S/C11H6Br2S5/c12-7-1-5-3-15-9-10(18-11(14)17-9)16-4-6(5)2-8(7)13/h1-2H,3-4H2. The predicted molar refractivity (Wildman–Crippen MR) is 94.0 cm³/mol. The molecule has 7 heteroatoms. The van der Waals surface area contributed by atoms with Crippen LogP contribution >= 0.6 is 90.3 Å². The molecule has 0 unspecified atom stereocenters. The van der Waals surface area contributed by atoms with E-state index in [1.54, 1.807) is 22.7 Å². The van der Waals surface area contributed by atoms with Crippen LogP contribution in [0.4, 0.5) is 0 Å². The highest BCUT2D eigenvalue weighted by Gasteiger charge is 2.16. The van der Waals surface area contributed by atoms with E-state index in [0.717, 1.165) is 23.6 Å². The molecule has 0 N–H and O–H groups in total. The Labute approximate surface area is 144 Å². The fourth-order valence-electron chi connectivity index (χ4n) is 1.62. The first kappa shape index (κ1) is 14.1. The van der Waals surface area contributed by atoms with Crippen LogP contribution in [0.5, 0.6) is 0 Å². The lowest BCUT2D eigenvalue weighted by Crippen LogP contribution is -1.94. The van der Waals surface area contributed by atoms with E-state index >= 15 is 0 Å². The Hall–Kier alpha value is 1.15. The quantitative estimate of drug-likeness (QED) is 0.392. The number of benzene rings is 1. The first-order chi connectivity index (χ1) is 8.63. The molecular formula is C11H6Br2S5. The maximum atomic E-state index is 5.29. The summed E-state index contributed by atoms with van der Waals surface area (Å²) < 4.78 is 6.07. The van der Waals surface area contributed by atoms with Gasteiger partial charge in [0.2, 0.25) is 0 Å². The zero-order valence-electron chi connectivity index (χ0n) is 8.87. The van der Waals surface area contributed by atoms with E-state index in [0.29, 0.717) is 0 Å². The van der Waals surface area contributed by atoms with Crippen LogP contribution in [0.3, 0.4) is 0 Å². The van der Waals surface area contributed by atoms with E-state index in [-0.39, 0.29) is 0 Å². The lowest BCUT2D eigenvalue weighted by molar-refractivity contribution is 1.24. The Morgan fingerprint density at radius 1 is 0.889 bits per heavy atom. The predicted octanol–water partition coefficient (Wildman–Crippen LogP) is 6.96. The highest BCUT2D eigenvalue weighted by Crippen LogP contribution is 2.46. The van der Waals surface area contributed by atoms with Crippen LogP contribution in [0.15, 0.2) is 29.5 Å². The van der Waals surface area contributed by atoms with Gasteiger partial charge in [-0.2, -0.15) is 0 Å². The number of fused-ring (bicyclic) bond motifs is 2. The van der Waals surface area contributed by atoms with E-state index in [1.165, 1.54) is 19.5 Å². The molecule has 0 radical (unpaired) electrons. The number of rotatable bonds is 0. The Morgan fingerprint density at radius 3 is 1.78 bits per heavy atom. The first-order valence-corrected chi connectivity index (χ1v) is 10.6. The number of thioether (sulfide) groups is 2. The van der Waals surface area contributed by atoms with Gasteiger partial charge in [0.05, 0.1) is 8.42 Å². The molecule has 94 valence electrons. The molecule has 1 aliphatic rings. The maximum Gasteiger partial charge on any atom is 0.145 e. The average molecular weight is 458 g/mol. The Morgan fingerprint density at radius 2 is 1.33 bits per heavy atom. The molecule has 0 fully saturated rings. The van der Waals surface area contributed by atoms with Crippen LogP contribution in [-0.4, -0.2) is 0 Å². The van der Waals surface area contributed by atoms with Gasteiger partial charge in [0.15, 0.2) is 0 Å². The number of halogens is 2. The van der Waals surface area contributed by atoms with Crippen LogP contribution in [0, 0.1) is 3.14 Å². The second kappa shape index (κ2) is 5.87. The fraction of sp³-hybridized carbons (Fsp3) is 0.182. The van der Waals surface area contributed by atoms with E-state index < -0.39 is 0 Å². The van der Waals surface area contributed by atoms with Crippen LogP contribution in [-0.2, 0) is 11.5 Å². The Kier molecular flexibility index (Phi) is 4.60. The van der Waals surface area contributed by atoms with E-state index in [4.69, 9.17) is 12.2 Å². The van der Waals surface area contributed by atoms with Gasteiger partial charge in [-0.15, -0.1) is 46.2 Å². The van der Waals surface area contributed by atoms with Gasteiger partial charge in [-0.25, -0.2) is 0 Å². The summed E-state index contributed by atoms with van der Waals surface area (Å²) in [5.74, 6) is 2.05. The SMILES string of the molecule is S=c1sc2c(s1)SCc1cc(Br)c(Br)cc1CS2. The molecular weight excluding hydrogens is 452 g/mol. The van der Waals surface area contributed by atoms with Crippen molar-refractivity contribution in [1.82, 2.24) is 0 Å². The molecule has 0 bridgehead atoms. The van der Waals surface area contributed by atoms with Crippen LogP contribution < -0.4 is 0 Å². The summed E-state index contributed by atoms with van der Waals surface area (Å²) >= 11 is 19.8. The van der Waals surface area contributed by atoms with Gasteiger partial charge in [-0.1, -0.05) is 12.2 Å². The molecule has 1 aliphatic heterocycles. The molecule has 0 nitrogen and oxygen atoms in total. The molecule has 0 amide bonds. The van der Waals surface area contributed by atoms with Crippen LogP contribution in [0.25, 0.3) is 0 Å². The number of hydrogen-bond acceptors (Lipinski definition) is 5. The maximum absolute atomic E-state index is 5.29. The lowest BCUT2D eigenvalue weighted by atomic mass is 10.1. The van der Waals surface area contributed by atoms with Crippen LogP contribution in [0.2, 0.25) is 0 Å². The summed E-state index contributed by atoms with van der Waals surface area (Å²) in [6.45, 7) is 0. The average Bonchev–Trinajstić information content (AvgIpc) is 2.66. The monoisotopic (exact) mass is 456 g/mol. The topological polar surface area (TPSA) is 0 Å². The van der Waals surface area contributed by atoms with Gasteiger partial charge in [0, 0.05) is 20.5 Å². The smallest absolute Gasteiger partial charge is 0.109 e. The molecule has 0 aliphatic carbocycles. The third-order valence-corrected chi connectivity index (χ3v) is 10.0. The molecule has 0 saturated heterocycles. The zero-order chi connectivity index (χ0) is 12.7. The van der Waals surface area contributed by atoms with Crippen LogP contribution in [0.1, 0.15) is 11.1 Å². The molecule has 2 heterocycles. The highest BCUT2D eigenvalue weighted by atomic mass is 79.9. The van der Waals surface area contributed by atoms with Gasteiger partial charge in [-0.3, -0.25) is 0 Å². The summed E-state index contributed by atoms with van der Waals surface area (Å²) in [5, 5.41) is 0. The summed E-state index contributed by atoms with van der Waals surface area (Å²) in [5.41, 5.74) is 2.83. The van der Waals surface area contributed by atoms with Crippen molar-refractivity contribution in [2.24, 2.45) is 0 Å². The third kappa shape index (κ3) is 2.92.